The second-order valence-corrected chi connectivity index (χ2v) is 4.88. The highest BCUT2D eigenvalue weighted by Gasteiger charge is 2.13. The summed E-state index contributed by atoms with van der Waals surface area (Å²) < 4.78 is 3.52. The number of aliphatic hydroxyl groups is 1. The molecule has 1 aromatic carbocycles. The van der Waals surface area contributed by atoms with Gasteiger partial charge in [0.1, 0.15) is 0 Å². The van der Waals surface area contributed by atoms with Crippen molar-refractivity contribution in [2.75, 3.05) is 0 Å². The van der Waals surface area contributed by atoms with E-state index in [-0.39, 0.29) is 12.2 Å². The highest BCUT2D eigenvalue weighted by Crippen LogP contribution is 2.20. The molecule has 3 aromatic rings. The van der Waals surface area contributed by atoms with Crippen molar-refractivity contribution < 1.29 is 10.0 Å². The molecule has 1 atom stereocenters. The van der Waals surface area contributed by atoms with E-state index in [1.54, 1.807) is 29.2 Å². The average molecular weight is 298 g/mol. The summed E-state index contributed by atoms with van der Waals surface area (Å²) in [4.78, 5) is 10.3. The minimum atomic E-state index is -0.864. The Kier molecular flexibility index (Phi) is 3.71. The van der Waals surface area contributed by atoms with Crippen LogP contribution in [0.4, 0.5) is 5.69 Å². The first-order chi connectivity index (χ1) is 10.6. The van der Waals surface area contributed by atoms with Gasteiger partial charge in [0.05, 0.1) is 29.5 Å². The van der Waals surface area contributed by atoms with Crippen LogP contribution < -0.4 is 0 Å². The number of hydrogen-bond donors (Lipinski definition) is 1. The Morgan fingerprint density at radius 3 is 2.77 bits per heavy atom. The lowest BCUT2D eigenvalue weighted by Gasteiger charge is -2.10. The topological polar surface area (TPSA) is 86.1 Å². The van der Waals surface area contributed by atoms with Crippen molar-refractivity contribution in [3.63, 3.8) is 0 Å². The molecule has 0 spiro atoms. The van der Waals surface area contributed by atoms with Crippen molar-refractivity contribution in [1.82, 2.24) is 14.3 Å². The summed E-state index contributed by atoms with van der Waals surface area (Å²) in [5, 5.41) is 25.2. The van der Waals surface area contributed by atoms with Crippen LogP contribution in [0.3, 0.4) is 0 Å². The molecular formula is C15H14N4O3. The standard InChI is InChI=1S/C15H14N4O3/c20-15(12-4-3-5-13(8-12)19(21)22)11-18-10-14(9-16-18)17-6-1-2-7-17/h1-10,15,20H,11H2. The molecule has 7 nitrogen and oxygen atoms in total. The number of aliphatic hydroxyl groups excluding tert-OH is 1. The molecule has 0 bridgehead atoms. The molecule has 2 aromatic heterocycles. The fourth-order valence-electron chi connectivity index (χ4n) is 2.22. The Bertz CT molecular complexity index is 780. The highest BCUT2D eigenvalue weighted by molar-refractivity contribution is 5.35. The van der Waals surface area contributed by atoms with Crippen LogP contribution in [0.1, 0.15) is 11.7 Å². The SMILES string of the molecule is O=[N+]([O-])c1cccc(C(O)Cn2cc(-n3cccc3)cn2)c1. The Labute approximate surface area is 126 Å². The maximum atomic E-state index is 10.8. The second-order valence-electron chi connectivity index (χ2n) is 4.88. The van der Waals surface area contributed by atoms with Crippen LogP contribution in [-0.2, 0) is 6.54 Å². The summed E-state index contributed by atoms with van der Waals surface area (Å²) in [6.45, 7) is 0.225. The van der Waals surface area contributed by atoms with E-state index in [1.807, 2.05) is 29.1 Å². The van der Waals surface area contributed by atoms with Crippen LogP contribution in [0, 0.1) is 10.1 Å². The minimum absolute atomic E-state index is 0.0370. The van der Waals surface area contributed by atoms with Gasteiger partial charge in [0, 0.05) is 30.7 Å². The molecule has 112 valence electrons. The molecule has 1 unspecified atom stereocenters. The molecule has 1 N–H and O–H groups in total. The van der Waals surface area contributed by atoms with E-state index in [4.69, 9.17) is 0 Å². The van der Waals surface area contributed by atoms with E-state index in [9.17, 15) is 15.2 Å². The van der Waals surface area contributed by atoms with Crippen LogP contribution in [0.25, 0.3) is 5.69 Å². The third-order valence-corrected chi connectivity index (χ3v) is 3.35. The lowest BCUT2D eigenvalue weighted by Crippen LogP contribution is -2.09. The number of benzene rings is 1. The number of nitro groups is 1. The fraction of sp³-hybridized carbons (Fsp3) is 0.133. The van der Waals surface area contributed by atoms with Gasteiger partial charge < -0.3 is 9.67 Å². The van der Waals surface area contributed by atoms with Crippen molar-refractivity contribution in [3.05, 3.63) is 76.9 Å². The maximum absolute atomic E-state index is 10.8. The Morgan fingerprint density at radius 1 is 1.27 bits per heavy atom. The highest BCUT2D eigenvalue weighted by atomic mass is 16.6. The molecule has 0 saturated heterocycles. The van der Waals surface area contributed by atoms with Crippen LogP contribution >= 0.6 is 0 Å². The molecule has 0 aliphatic carbocycles. The number of nitro benzene ring substituents is 1. The summed E-state index contributed by atoms with van der Waals surface area (Å²) in [6, 6.07) is 9.82. The predicted molar refractivity (Wildman–Crippen MR) is 79.6 cm³/mol. The third kappa shape index (κ3) is 2.89. The first kappa shape index (κ1) is 14.0. The van der Waals surface area contributed by atoms with Crippen molar-refractivity contribution in [2.45, 2.75) is 12.6 Å². The summed E-state index contributed by atoms with van der Waals surface area (Å²) in [6.07, 6.45) is 6.44. The van der Waals surface area contributed by atoms with Gasteiger partial charge >= 0.3 is 0 Å². The molecule has 0 fully saturated rings. The predicted octanol–water partition coefficient (Wildman–Crippen LogP) is 2.32. The van der Waals surface area contributed by atoms with Crippen molar-refractivity contribution in [1.29, 1.82) is 0 Å². The van der Waals surface area contributed by atoms with Gasteiger partial charge in [-0.3, -0.25) is 14.8 Å². The van der Waals surface area contributed by atoms with Crippen LogP contribution in [-0.4, -0.2) is 24.4 Å². The monoisotopic (exact) mass is 298 g/mol. The zero-order valence-electron chi connectivity index (χ0n) is 11.6. The second kappa shape index (κ2) is 5.82. The van der Waals surface area contributed by atoms with E-state index in [0.29, 0.717) is 5.56 Å². The van der Waals surface area contributed by atoms with Gasteiger partial charge in [0.25, 0.3) is 5.69 Å². The molecule has 3 rings (SSSR count). The van der Waals surface area contributed by atoms with E-state index >= 15 is 0 Å². The van der Waals surface area contributed by atoms with Crippen LogP contribution in [0.15, 0.2) is 61.2 Å². The largest absolute Gasteiger partial charge is 0.386 e. The van der Waals surface area contributed by atoms with E-state index in [0.717, 1.165) is 5.69 Å². The zero-order chi connectivity index (χ0) is 15.5. The summed E-state index contributed by atoms with van der Waals surface area (Å²) in [5.74, 6) is 0. The average Bonchev–Trinajstić information content (AvgIpc) is 3.18. The molecule has 2 heterocycles. The number of aromatic nitrogens is 3. The van der Waals surface area contributed by atoms with Crippen molar-refractivity contribution in [2.24, 2.45) is 0 Å². The number of non-ortho nitro benzene ring substituents is 1. The minimum Gasteiger partial charge on any atom is -0.386 e. The number of hydrogen-bond acceptors (Lipinski definition) is 4. The van der Waals surface area contributed by atoms with E-state index in [1.165, 1.54) is 12.1 Å². The zero-order valence-corrected chi connectivity index (χ0v) is 11.6. The van der Waals surface area contributed by atoms with Gasteiger partial charge in [-0.1, -0.05) is 12.1 Å². The molecule has 0 aliphatic heterocycles. The van der Waals surface area contributed by atoms with Gasteiger partial charge in [-0.2, -0.15) is 5.10 Å². The molecule has 22 heavy (non-hydrogen) atoms. The summed E-state index contributed by atoms with van der Waals surface area (Å²) >= 11 is 0. The van der Waals surface area contributed by atoms with Crippen LogP contribution in [0.5, 0.6) is 0 Å². The van der Waals surface area contributed by atoms with Crippen molar-refractivity contribution >= 4 is 5.69 Å². The first-order valence-corrected chi connectivity index (χ1v) is 6.72. The third-order valence-electron chi connectivity index (χ3n) is 3.35. The molecule has 0 amide bonds. The number of nitrogens with zero attached hydrogens (tertiary/aromatic N) is 4. The normalized spacial score (nSPS) is 12.2. The van der Waals surface area contributed by atoms with E-state index in [2.05, 4.69) is 5.10 Å². The van der Waals surface area contributed by atoms with Gasteiger partial charge in [-0.05, 0) is 17.7 Å². The number of rotatable bonds is 5. The van der Waals surface area contributed by atoms with Gasteiger partial charge in [-0.15, -0.1) is 0 Å². The molecule has 7 heteroatoms. The first-order valence-electron chi connectivity index (χ1n) is 6.72. The van der Waals surface area contributed by atoms with Gasteiger partial charge in [-0.25, -0.2) is 0 Å². The molecule has 0 radical (unpaired) electrons. The summed E-state index contributed by atoms with van der Waals surface area (Å²) in [5.41, 5.74) is 1.34. The van der Waals surface area contributed by atoms with E-state index < -0.39 is 11.0 Å². The molecule has 0 saturated carbocycles. The smallest absolute Gasteiger partial charge is 0.269 e. The quantitative estimate of drug-likeness (QED) is 0.578. The maximum Gasteiger partial charge on any atom is 0.269 e. The van der Waals surface area contributed by atoms with Crippen molar-refractivity contribution in [3.8, 4) is 5.69 Å². The Balaban J connectivity index is 1.75. The summed E-state index contributed by atoms with van der Waals surface area (Å²) in [7, 11) is 0. The Hall–Kier alpha value is -2.93. The lowest BCUT2D eigenvalue weighted by molar-refractivity contribution is -0.385. The Morgan fingerprint density at radius 2 is 2.05 bits per heavy atom. The van der Waals surface area contributed by atoms with Gasteiger partial charge in [0.2, 0.25) is 0 Å². The van der Waals surface area contributed by atoms with Gasteiger partial charge in [0.15, 0.2) is 0 Å². The molecular weight excluding hydrogens is 284 g/mol. The molecule has 0 aliphatic rings. The van der Waals surface area contributed by atoms with Crippen LogP contribution in [0.2, 0.25) is 0 Å². The fourth-order valence-corrected chi connectivity index (χ4v) is 2.22. The lowest BCUT2D eigenvalue weighted by atomic mass is 10.1.